The molecule has 0 aliphatic rings. The summed E-state index contributed by atoms with van der Waals surface area (Å²) in [5.74, 6) is 0. The minimum absolute atomic E-state index is 0.286. The third kappa shape index (κ3) is 2.17. The Morgan fingerprint density at radius 1 is 1.46 bits per heavy atom. The van der Waals surface area contributed by atoms with Gasteiger partial charge in [0.1, 0.15) is 0 Å². The first-order valence-corrected chi connectivity index (χ1v) is 4.34. The molecule has 13 heavy (non-hydrogen) atoms. The van der Waals surface area contributed by atoms with E-state index in [2.05, 4.69) is 5.32 Å². The molecule has 1 aromatic rings. The number of hydroxylamine groups is 1. The van der Waals surface area contributed by atoms with Gasteiger partial charge in [0.15, 0.2) is 5.11 Å². The lowest BCUT2D eigenvalue weighted by Crippen LogP contribution is -2.35. The lowest BCUT2D eigenvalue weighted by atomic mass is 10.2. The van der Waals surface area contributed by atoms with Gasteiger partial charge in [-0.25, -0.2) is 0 Å². The van der Waals surface area contributed by atoms with E-state index in [-0.39, 0.29) is 5.11 Å². The summed E-state index contributed by atoms with van der Waals surface area (Å²) in [6.07, 6.45) is 0. The zero-order valence-electron chi connectivity index (χ0n) is 7.61. The number of hydrogen-bond acceptors (Lipinski definition) is 2. The highest BCUT2D eigenvalue weighted by molar-refractivity contribution is 7.80. The maximum atomic E-state index is 9.60. The van der Waals surface area contributed by atoms with Gasteiger partial charge in [-0.1, -0.05) is 18.2 Å². The third-order valence-corrected chi connectivity index (χ3v) is 2.13. The molecule has 0 atom stereocenters. The van der Waals surface area contributed by atoms with Crippen molar-refractivity contribution >= 4 is 23.0 Å². The van der Waals surface area contributed by atoms with Crippen LogP contribution in [0.3, 0.4) is 0 Å². The maximum Gasteiger partial charge on any atom is 0.197 e. The monoisotopic (exact) mass is 196 g/mol. The molecule has 0 radical (unpaired) electrons. The van der Waals surface area contributed by atoms with Crippen LogP contribution in [0.2, 0.25) is 0 Å². The van der Waals surface area contributed by atoms with Gasteiger partial charge in [0.2, 0.25) is 0 Å². The number of hydrogen-bond donors (Lipinski definition) is 2. The second-order valence-corrected chi connectivity index (χ2v) is 3.04. The molecule has 0 amide bonds. The molecule has 0 heterocycles. The molecule has 0 aromatic heterocycles. The lowest BCUT2D eigenvalue weighted by Gasteiger charge is -2.18. The Morgan fingerprint density at radius 3 is 2.62 bits per heavy atom. The minimum atomic E-state index is 0.286. The van der Waals surface area contributed by atoms with Gasteiger partial charge >= 0.3 is 0 Å². The third-order valence-electron chi connectivity index (χ3n) is 1.75. The standard InChI is InChI=1S/C9H12N2OS/c1-7-5-3-4-6-8(7)11(12)9(13)10-2/h3-6,12H,1-2H3,(H,10,13). The summed E-state index contributed by atoms with van der Waals surface area (Å²) in [5, 5.41) is 13.5. The molecule has 0 fully saturated rings. The van der Waals surface area contributed by atoms with Crippen molar-refractivity contribution < 1.29 is 5.21 Å². The molecule has 1 aromatic carbocycles. The van der Waals surface area contributed by atoms with Crippen molar-refractivity contribution in [3.63, 3.8) is 0 Å². The number of rotatable bonds is 1. The first-order valence-electron chi connectivity index (χ1n) is 3.93. The molecular weight excluding hydrogens is 184 g/mol. The zero-order valence-corrected chi connectivity index (χ0v) is 8.43. The van der Waals surface area contributed by atoms with E-state index in [9.17, 15) is 5.21 Å². The Bertz CT molecular complexity index is 314. The van der Waals surface area contributed by atoms with Gasteiger partial charge in [0, 0.05) is 7.05 Å². The van der Waals surface area contributed by atoms with Crippen molar-refractivity contribution in [2.45, 2.75) is 6.92 Å². The number of nitrogens with one attached hydrogen (secondary N) is 1. The average molecular weight is 196 g/mol. The highest BCUT2D eigenvalue weighted by atomic mass is 32.1. The van der Waals surface area contributed by atoms with Gasteiger partial charge in [0.25, 0.3) is 0 Å². The van der Waals surface area contributed by atoms with E-state index in [0.717, 1.165) is 10.6 Å². The van der Waals surface area contributed by atoms with Gasteiger partial charge < -0.3 is 5.32 Å². The molecule has 0 aliphatic carbocycles. The molecule has 4 heteroatoms. The second-order valence-electron chi connectivity index (χ2n) is 2.65. The van der Waals surface area contributed by atoms with Crippen molar-refractivity contribution in [3.8, 4) is 0 Å². The van der Waals surface area contributed by atoms with E-state index in [1.165, 1.54) is 0 Å². The fraction of sp³-hybridized carbons (Fsp3) is 0.222. The van der Waals surface area contributed by atoms with Crippen molar-refractivity contribution in [2.24, 2.45) is 0 Å². The van der Waals surface area contributed by atoms with E-state index in [1.54, 1.807) is 13.1 Å². The quantitative estimate of drug-likeness (QED) is 0.529. The zero-order chi connectivity index (χ0) is 9.84. The van der Waals surface area contributed by atoms with Crippen LogP contribution in [0.1, 0.15) is 5.56 Å². The van der Waals surface area contributed by atoms with Crippen LogP contribution in [0, 0.1) is 6.92 Å². The average Bonchev–Trinajstić information content (AvgIpc) is 2.16. The minimum Gasteiger partial charge on any atom is -0.364 e. The molecule has 0 bridgehead atoms. The van der Waals surface area contributed by atoms with Crippen molar-refractivity contribution in [1.29, 1.82) is 0 Å². The van der Waals surface area contributed by atoms with Crippen molar-refractivity contribution in [1.82, 2.24) is 5.32 Å². The van der Waals surface area contributed by atoms with Gasteiger partial charge in [-0.2, -0.15) is 5.06 Å². The molecule has 0 saturated heterocycles. The van der Waals surface area contributed by atoms with Gasteiger partial charge in [-0.3, -0.25) is 5.21 Å². The highest BCUT2D eigenvalue weighted by Gasteiger charge is 2.08. The fourth-order valence-electron chi connectivity index (χ4n) is 1.02. The van der Waals surface area contributed by atoms with E-state index < -0.39 is 0 Å². The maximum absolute atomic E-state index is 9.60. The molecule has 1 rings (SSSR count). The van der Waals surface area contributed by atoms with Gasteiger partial charge in [-0.05, 0) is 30.8 Å². The molecule has 0 spiro atoms. The van der Waals surface area contributed by atoms with Gasteiger partial charge in [-0.15, -0.1) is 0 Å². The molecule has 70 valence electrons. The molecule has 0 aliphatic heterocycles. The smallest absolute Gasteiger partial charge is 0.197 e. The van der Waals surface area contributed by atoms with Gasteiger partial charge in [0.05, 0.1) is 5.69 Å². The van der Waals surface area contributed by atoms with E-state index >= 15 is 0 Å². The predicted molar refractivity (Wildman–Crippen MR) is 57.1 cm³/mol. The first-order chi connectivity index (χ1) is 6.16. The van der Waals surface area contributed by atoms with Crippen LogP contribution < -0.4 is 10.4 Å². The summed E-state index contributed by atoms with van der Waals surface area (Å²) in [6.45, 7) is 1.91. The molecular formula is C9H12N2OS. The predicted octanol–water partition coefficient (Wildman–Crippen LogP) is 1.69. The van der Waals surface area contributed by atoms with Crippen LogP contribution in [-0.4, -0.2) is 17.4 Å². The lowest BCUT2D eigenvalue weighted by molar-refractivity contribution is 0.311. The van der Waals surface area contributed by atoms with Crippen molar-refractivity contribution in [3.05, 3.63) is 29.8 Å². The Morgan fingerprint density at radius 2 is 2.08 bits per heavy atom. The van der Waals surface area contributed by atoms with Crippen LogP contribution in [0.15, 0.2) is 24.3 Å². The summed E-state index contributed by atoms with van der Waals surface area (Å²) in [6, 6.07) is 7.48. The summed E-state index contributed by atoms with van der Waals surface area (Å²) in [4.78, 5) is 0. The number of anilines is 1. The van der Waals surface area contributed by atoms with E-state index in [1.807, 2.05) is 25.1 Å². The van der Waals surface area contributed by atoms with Crippen molar-refractivity contribution in [2.75, 3.05) is 12.1 Å². The van der Waals surface area contributed by atoms with Crippen LogP contribution in [-0.2, 0) is 0 Å². The molecule has 3 nitrogen and oxygen atoms in total. The summed E-state index contributed by atoms with van der Waals surface area (Å²) < 4.78 is 0. The van der Waals surface area contributed by atoms with Crippen LogP contribution in [0.5, 0.6) is 0 Å². The number of nitrogens with zero attached hydrogens (tertiary/aromatic N) is 1. The molecule has 0 unspecified atom stereocenters. The Balaban J connectivity index is 2.95. The molecule has 2 N–H and O–H groups in total. The number of thiocarbonyl (C=S) groups is 1. The highest BCUT2D eigenvalue weighted by Crippen LogP contribution is 2.17. The summed E-state index contributed by atoms with van der Waals surface area (Å²) >= 11 is 4.88. The van der Waals surface area contributed by atoms with E-state index in [0.29, 0.717) is 5.69 Å². The number of benzene rings is 1. The molecule has 0 saturated carbocycles. The summed E-state index contributed by atoms with van der Waals surface area (Å²) in [7, 11) is 1.67. The topological polar surface area (TPSA) is 35.5 Å². The fourth-order valence-corrected chi connectivity index (χ4v) is 1.11. The second kappa shape index (κ2) is 4.20. The normalized spacial score (nSPS) is 9.46. The van der Waals surface area contributed by atoms with Crippen LogP contribution in [0.25, 0.3) is 0 Å². The SMILES string of the molecule is CNC(=S)N(O)c1ccccc1C. The van der Waals surface area contributed by atoms with E-state index in [4.69, 9.17) is 12.2 Å². The Kier molecular flexibility index (Phi) is 3.22. The Hall–Kier alpha value is -1.13. The number of para-hydroxylation sites is 1. The summed E-state index contributed by atoms with van der Waals surface area (Å²) in [5.41, 5.74) is 1.67. The van der Waals surface area contributed by atoms with Crippen LogP contribution >= 0.6 is 12.2 Å². The first kappa shape index (κ1) is 9.95. The number of aryl methyl sites for hydroxylation is 1. The Labute approximate surface area is 82.9 Å². The van der Waals surface area contributed by atoms with Crippen LogP contribution in [0.4, 0.5) is 5.69 Å². The largest absolute Gasteiger partial charge is 0.364 e.